The number of phenolic OH excluding ortho intramolecular Hbond substituents is 1. The smallest absolute Gasteiger partial charge is 0.255 e. The Balaban J connectivity index is 2.01. The summed E-state index contributed by atoms with van der Waals surface area (Å²) in [6, 6.07) is 12.7. The summed E-state index contributed by atoms with van der Waals surface area (Å²) >= 11 is 0. The molecule has 0 bridgehead atoms. The normalized spacial score (nSPS) is 17.3. The van der Waals surface area contributed by atoms with Crippen molar-refractivity contribution in [1.82, 2.24) is 5.32 Å². The molecule has 0 radical (unpaired) electrons. The lowest BCUT2D eigenvalue weighted by atomic mass is 10.0. The number of nitrogens with one attached hydrogen (secondary N) is 2. The van der Waals surface area contributed by atoms with Gasteiger partial charge in [0.1, 0.15) is 11.9 Å². The van der Waals surface area contributed by atoms with Gasteiger partial charge in [-0.2, -0.15) is 0 Å². The molecule has 1 heterocycles. The van der Waals surface area contributed by atoms with Crippen LogP contribution < -0.4 is 10.6 Å². The second-order valence-corrected chi connectivity index (χ2v) is 4.66. The molecule has 96 valence electrons. The Morgan fingerprint density at radius 3 is 2.74 bits per heavy atom. The Labute approximate surface area is 111 Å². The van der Waals surface area contributed by atoms with Crippen molar-refractivity contribution in [2.24, 2.45) is 0 Å². The van der Waals surface area contributed by atoms with Gasteiger partial charge in [-0.1, -0.05) is 23.8 Å². The van der Waals surface area contributed by atoms with Gasteiger partial charge < -0.3 is 15.7 Å². The Morgan fingerprint density at radius 2 is 1.89 bits per heavy atom. The van der Waals surface area contributed by atoms with Crippen molar-refractivity contribution in [3.63, 3.8) is 0 Å². The SMILES string of the molecule is Cc1ccc(O)c([C@@H]2NC(=O)c3ccccc3N2)c1. The summed E-state index contributed by atoms with van der Waals surface area (Å²) in [5, 5.41) is 16.0. The monoisotopic (exact) mass is 254 g/mol. The number of benzene rings is 2. The number of aromatic hydroxyl groups is 1. The molecule has 0 saturated heterocycles. The van der Waals surface area contributed by atoms with Gasteiger partial charge in [-0.15, -0.1) is 0 Å². The summed E-state index contributed by atoms with van der Waals surface area (Å²) in [4.78, 5) is 12.0. The molecule has 0 fully saturated rings. The molecule has 1 aliphatic rings. The number of aryl methyl sites for hydroxylation is 1. The van der Waals surface area contributed by atoms with Crippen LogP contribution in [0.1, 0.15) is 27.7 Å². The number of anilines is 1. The Morgan fingerprint density at radius 1 is 1.11 bits per heavy atom. The number of para-hydroxylation sites is 1. The molecule has 0 saturated carbocycles. The highest BCUT2D eigenvalue weighted by Gasteiger charge is 2.25. The lowest BCUT2D eigenvalue weighted by molar-refractivity contribution is 0.0935. The molecule has 0 spiro atoms. The largest absolute Gasteiger partial charge is 0.508 e. The number of amides is 1. The van der Waals surface area contributed by atoms with Crippen LogP contribution in [0.15, 0.2) is 42.5 Å². The van der Waals surface area contributed by atoms with Crippen LogP contribution in [-0.2, 0) is 0 Å². The summed E-state index contributed by atoms with van der Waals surface area (Å²) in [7, 11) is 0. The third-order valence-electron chi connectivity index (χ3n) is 3.24. The average Bonchev–Trinajstić information content (AvgIpc) is 2.41. The topological polar surface area (TPSA) is 61.4 Å². The zero-order chi connectivity index (χ0) is 13.4. The Kier molecular flexibility index (Phi) is 2.63. The first kappa shape index (κ1) is 11.6. The Bertz CT molecular complexity index is 652. The predicted octanol–water partition coefficient (Wildman–Crippen LogP) is 2.55. The molecule has 2 aromatic carbocycles. The second-order valence-electron chi connectivity index (χ2n) is 4.66. The first-order valence-electron chi connectivity index (χ1n) is 6.11. The minimum absolute atomic E-state index is 0.139. The molecule has 4 nitrogen and oxygen atoms in total. The quantitative estimate of drug-likeness (QED) is 0.733. The molecule has 0 unspecified atom stereocenters. The van der Waals surface area contributed by atoms with Crippen LogP contribution in [0.2, 0.25) is 0 Å². The molecular formula is C15H14N2O2. The zero-order valence-electron chi connectivity index (χ0n) is 10.5. The van der Waals surface area contributed by atoms with Crippen molar-refractivity contribution in [2.75, 3.05) is 5.32 Å². The summed E-state index contributed by atoms with van der Waals surface area (Å²) in [5.41, 5.74) is 3.09. The molecule has 4 heteroatoms. The van der Waals surface area contributed by atoms with Crippen LogP contribution in [0.5, 0.6) is 5.75 Å². The van der Waals surface area contributed by atoms with Crippen LogP contribution >= 0.6 is 0 Å². The molecule has 3 rings (SSSR count). The lowest BCUT2D eigenvalue weighted by Gasteiger charge is -2.28. The van der Waals surface area contributed by atoms with Crippen LogP contribution in [0.3, 0.4) is 0 Å². The van der Waals surface area contributed by atoms with Gasteiger partial charge in [0.05, 0.1) is 5.56 Å². The second kappa shape index (κ2) is 4.31. The van der Waals surface area contributed by atoms with E-state index < -0.39 is 6.17 Å². The molecule has 1 atom stereocenters. The van der Waals surface area contributed by atoms with Crippen molar-refractivity contribution in [3.05, 3.63) is 59.2 Å². The molecule has 19 heavy (non-hydrogen) atoms. The van der Waals surface area contributed by atoms with E-state index in [-0.39, 0.29) is 11.7 Å². The highest BCUT2D eigenvalue weighted by molar-refractivity contribution is 6.01. The number of carbonyl (C=O) groups excluding carboxylic acids is 1. The summed E-state index contributed by atoms with van der Waals surface area (Å²) < 4.78 is 0. The van der Waals surface area contributed by atoms with Crippen LogP contribution in [0, 0.1) is 6.92 Å². The van der Waals surface area contributed by atoms with E-state index in [2.05, 4.69) is 10.6 Å². The van der Waals surface area contributed by atoms with Gasteiger partial charge in [0, 0.05) is 11.3 Å². The first-order valence-corrected chi connectivity index (χ1v) is 6.11. The van der Waals surface area contributed by atoms with Crippen molar-refractivity contribution in [2.45, 2.75) is 13.1 Å². The van der Waals surface area contributed by atoms with E-state index in [0.717, 1.165) is 11.3 Å². The molecule has 2 aromatic rings. The maximum absolute atomic E-state index is 12.0. The first-order chi connectivity index (χ1) is 9.15. The van der Waals surface area contributed by atoms with Gasteiger partial charge >= 0.3 is 0 Å². The van der Waals surface area contributed by atoms with Gasteiger partial charge in [0.25, 0.3) is 5.91 Å². The minimum atomic E-state index is -0.415. The highest BCUT2D eigenvalue weighted by atomic mass is 16.3. The van der Waals surface area contributed by atoms with Crippen LogP contribution in [0.25, 0.3) is 0 Å². The van der Waals surface area contributed by atoms with Gasteiger partial charge in [-0.25, -0.2) is 0 Å². The number of phenols is 1. The van der Waals surface area contributed by atoms with Crippen molar-refractivity contribution < 1.29 is 9.90 Å². The zero-order valence-corrected chi connectivity index (χ0v) is 10.5. The van der Waals surface area contributed by atoms with Crippen molar-refractivity contribution in [1.29, 1.82) is 0 Å². The van der Waals surface area contributed by atoms with Crippen molar-refractivity contribution in [3.8, 4) is 5.75 Å². The summed E-state index contributed by atoms with van der Waals surface area (Å²) in [5.74, 6) is 0.0306. The number of hydrogen-bond acceptors (Lipinski definition) is 3. The number of hydrogen-bond donors (Lipinski definition) is 3. The van der Waals surface area contributed by atoms with Gasteiger partial charge in [0.15, 0.2) is 0 Å². The maximum atomic E-state index is 12.0. The average molecular weight is 254 g/mol. The molecule has 3 N–H and O–H groups in total. The fraction of sp³-hybridized carbons (Fsp3) is 0.133. The number of carbonyl (C=O) groups is 1. The maximum Gasteiger partial charge on any atom is 0.255 e. The van der Waals surface area contributed by atoms with Gasteiger partial charge in [-0.05, 0) is 31.2 Å². The lowest BCUT2D eigenvalue weighted by Crippen LogP contribution is -2.38. The van der Waals surface area contributed by atoms with Gasteiger partial charge in [-0.3, -0.25) is 4.79 Å². The summed E-state index contributed by atoms with van der Waals surface area (Å²) in [6.45, 7) is 1.95. The third kappa shape index (κ3) is 2.01. The molecule has 1 aliphatic heterocycles. The van der Waals surface area contributed by atoms with Crippen molar-refractivity contribution >= 4 is 11.6 Å². The number of fused-ring (bicyclic) bond motifs is 1. The standard InChI is InChI=1S/C15H14N2O2/c1-9-6-7-13(18)11(8-9)14-16-12-5-3-2-4-10(12)15(19)17-14/h2-8,14,16,18H,1H3,(H,17,19)/t14-/m0/s1. The summed E-state index contributed by atoms with van der Waals surface area (Å²) in [6.07, 6.45) is -0.415. The van der Waals surface area contributed by atoms with Crippen LogP contribution in [0.4, 0.5) is 5.69 Å². The minimum Gasteiger partial charge on any atom is -0.508 e. The molecule has 0 aromatic heterocycles. The fourth-order valence-electron chi connectivity index (χ4n) is 2.27. The Hall–Kier alpha value is -2.49. The van der Waals surface area contributed by atoms with E-state index in [0.29, 0.717) is 11.1 Å². The van der Waals surface area contributed by atoms with E-state index in [1.165, 1.54) is 0 Å². The molecular weight excluding hydrogens is 240 g/mol. The molecule has 1 amide bonds. The third-order valence-corrected chi connectivity index (χ3v) is 3.24. The van der Waals surface area contributed by atoms with E-state index in [4.69, 9.17) is 0 Å². The van der Waals surface area contributed by atoms with Crippen LogP contribution in [-0.4, -0.2) is 11.0 Å². The van der Waals surface area contributed by atoms with E-state index >= 15 is 0 Å². The fourth-order valence-corrected chi connectivity index (χ4v) is 2.27. The van der Waals surface area contributed by atoms with Gasteiger partial charge in [0.2, 0.25) is 0 Å². The molecule has 0 aliphatic carbocycles. The number of rotatable bonds is 1. The van der Waals surface area contributed by atoms with E-state index in [1.54, 1.807) is 12.1 Å². The highest BCUT2D eigenvalue weighted by Crippen LogP contribution is 2.31. The van der Waals surface area contributed by atoms with E-state index in [9.17, 15) is 9.90 Å². The van der Waals surface area contributed by atoms with E-state index in [1.807, 2.05) is 37.3 Å². The predicted molar refractivity (Wildman–Crippen MR) is 73.1 cm³/mol.